The maximum atomic E-state index is 9.01. The third-order valence-corrected chi connectivity index (χ3v) is 4.42. The van der Waals surface area contributed by atoms with Crippen molar-refractivity contribution >= 4 is 11.6 Å². The summed E-state index contributed by atoms with van der Waals surface area (Å²) in [4.78, 5) is 0. The van der Waals surface area contributed by atoms with E-state index >= 15 is 0 Å². The predicted molar refractivity (Wildman–Crippen MR) is 98.2 cm³/mol. The van der Waals surface area contributed by atoms with Crippen LogP contribution >= 0.6 is 11.6 Å². The Morgan fingerprint density at radius 2 is 1.88 bits per heavy atom. The quantitative estimate of drug-likeness (QED) is 0.652. The molecule has 0 aliphatic rings. The van der Waals surface area contributed by atoms with Crippen LogP contribution in [0.15, 0.2) is 48.5 Å². The Morgan fingerprint density at radius 3 is 2.52 bits per heavy atom. The van der Waals surface area contributed by atoms with Crippen molar-refractivity contribution in [3.63, 3.8) is 0 Å². The number of hydrogen-bond acceptors (Lipinski definition) is 3. The highest BCUT2D eigenvalue weighted by Crippen LogP contribution is 2.30. The number of halogens is 1. The molecular formula is C20H18ClN3O. The molecule has 1 atom stereocenters. The van der Waals surface area contributed by atoms with Crippen LogP contribution in [0.25, 0.3) is 5.69 Å². The maximum absolute atomic E-state index is 9.01. The third-order valence-electron chi connectivity index (χ3n) is 4.11. The molecular weight excluding hydrogens is 334 g/mol. The number of hydrogen-bond donors (Lipinski definition) is 0. The van der Waals surface area contributed by atoms with Crippen LogP contribution in [0, 0.1) is 25.2 Å². The van der Waals surface area contributed by atoms with Crippen molar-refractivity contribution in [1.82, 2.24) is 9.78 Å². The van der Waals surface area contributed by atoms with Gasteiger partial charge in [-0.1, -0.05) is 41.9 Å². The summed E-state index contributed by atoms with van der Waals surface area (Å²) in [6, 6.07) is 17.4. The van der Waals surface area contributed by atoms with Crippen LogP contribution in [0.5, 0.6) is 5.75 Å². The van der Waals surface area contributed by atoms with E-state index in [0.29, 0.717) is 10.6 Å². The van der Waals surface area contributed by atoms with Crippen LogP contribution in [0.1, 0.15) is 35.5 Å². The average molecular weight is 352 g/mol. The maximum Gasteiger partial charge on any atom is 0.164 e. The van der Waals surface area contributed by atoms with Crippen LogP contribution in [-0.2, 0) is 0 Å². The summed E-state index contributed by atoms with van der Waals surface area (Å²) in [5.41, 5.74) is 4.05. The highest BCUT2D eigenvalue weighted by atomic mass is 35.5. The molecule has 4 nitrogen and oxygen atoms in total. The molecule has 1 heterocycles. The Balaban J connectivity index is 1.94. The van der Waals surface area contributed by atoms with E-state index in [9.17, 15) is 0 Å². The lowest BCUT2D eigenvalue weighted by Crippen LogP contribution is -2.04. The van der Waals surface area contributed by atoms with Crippen LogP contribution in [0.4, 0.5) is 0 Å². The smallest absolute Gasteiger partial charge is 0.164 e. The molecule has 2 aromatic carbocycles. The number of ether oxygens (including phenoxy) is 1. The topological polar surface area (TPSA) is 50.8 Å². The van der Waals surface area contributed by atoms with E-state index in [0.717, 1.165) is 28.4 Å². The molecule has 1 unspecified atom stereocenters. The standard InChI is InChI=1S/C20H18ClN3O/c1-13-20(25-15(3)16-7-5-4-6-8-16)14(2)24(23-13)18-10-9-17(12-22)19(21)11-18/h4-11,15H,1-3H3. The molecule has 0 N–H and O–H groups in total. The second-order valence-corrected chi connectivity index (χ2v) is 6.27. The van der Waals surface area contributed by atoms with Crippen LogP contribution in [-0.4, -0.2) is 9.78 Å². The minimum Gasteiger partial charge on any atom is -0.482 e. The Morgan fingerprint density at radius 1 is 1.16 bits per heavy atom. The van der Waals surface area contributed by atoms with Gasteiger partial charge in [0.05, 0.1) is 22.0 Å². The van der Waals surface area contributed by atoms with E-state index in [-0.39, 0.29) is 6.10 Å². The molecule has 0 aliphatic heterocycles. The summed E-state index contributed by atoms with van der Waals surface area (Å²) < 4.78 is 7.96. The van der Waals surface area contributed by atoms with E-state index < -0.39 is 0 Å². The van der Waals surface area contributed by atoms with Gasteiger partial charge in [0.15, 0.2) is 5.75 Å². The molecule has 3 rings (SSSR count). The highest BCUT2D eigenvalue weighted by molar-refractivity contribution is 6.31. The zero-order valence-electron chi connectivity index (χ0n) is 14.3. The number of aromatic nitrogens is 2. The molecule has 5 heteroatoms. The fourth-order valence-corrected chi connectivity index (χ4v) is 2.96. The first-order chi connectivity index (χ1) is 12.0. The Kier molecular flexibility index (Phi) is 4.78. The van der Waals surface area contributed by atoms with Gasteiger partial charge in [0.2, 0.25) is 0 Å². The van der Waals surface area contributed by atoms with Gasteiger partial charge in [-0.15, -0.1) is 0 Å². The van der Waals surface area contributed by atoms with E-state index in [4.69, 9.17) is 21.6 Å². The Bertz CT molecular complexity index is 942. The predicted octanol–water partition coefficient (Wildman–Crippen LogP) is 5.15. The molecule has 126 valence electrons. The second-order valence-electron chi connectivity index (χ2n) is 5.86. The monoisotopic (exact) mass is 351 g/mol. The zero-order valence-corrected chi connectivity index (χ0v) is 15.1. The molecule has 0 amide bonds. The van der Waals surface area contributed by atoms with Gasteiger partial charge in [-0.25, -0.2) is 4.68 Å². The third kappa shape index (κ3) is 3.38. The van der Waals surface area contributed by atoms with Crippen LogP contribution < -0.4 is 4.74 Å². The summed E-state index contributed by atoms with van der Waals surface area (Å²) >= 11 is 6.15. The summed E-state index contributed by atoms with van der Waals surface area (Å²) in [6.45, 7) is 5.89. The number of nitriles is 1. The minimum absolute atomic E-state index is 0.0826. The van der Waals surface area contributed by atoms with E-state index in [1.165, 1.54) is 0 Å². The van der Waals surface area contributed by atoms with Gasteiger partial charge < -0.3 is 4.74 Å². The molecule has 0 saturated heterocycles. The van der Waals surface area contributed by atoms with Crippen molar-refractivity contribution in [1.29, 1.82) is 5.26 Å². The lowest BCUT2D eigenvalue weighted by molar-refractivity contribution is 0.223. The summed E-state index contributed by atoms with van der Waals surface area (Å²) in [5, 5.41) is 14.0. The number of aryl methyl sites for hydroxylation is 1. The number of rotatable bonds is 4. The molecule has 3 aromatic rings. The second kappa shape index (κ2) is 7.00. The molecule has 0 spiro atoms. The normalized spacial score (nSPS) is 11.8. The van der Waals surface area contributed by atoms with Crippen molar-refractivity contribution in [2.24, 2.45) is 0 Å². The van der Waals surface area contributed by atoms with Crippen molar-refractivity contribution in [2.45, 2.75) is 26.9 Å². The van der Waals surface area contributed by atoms with Gasteiger partial charge in [0.25, 0.3) is 0 Å². The van der Waals surface area contributed by atoms with Gasteiger partial charge >= 0.3 is 0 Å². The molecule has 0 bridgehead atoms. The molecule has 0 fully saturated rings. The fourth-order valence-electron chi connectivity index (χ4n) is 2.75. The number of nitrogens with zero attached hydrogens (tertiary/aromatic N) is 3. The minimum atomic E-state index is -0.0826. The molecule has 0 radical (unpaired) electrons. The van der Waals surface area contributed by atoms with Crippen molar-refractivity contribution < 1.29 is 4.74 Å². The molecule has 0 saturated carbocycles. The molecule has 1 aromatic heterocycles. The lowest BCUT2D eigenvalue weighted by atomic mass is 10.1. The Labute approximate surface area is 152 Å². The molecule has 0 aliphatic carbocycles. The van der Waals surface area contributed by atoms with Crippen LogP contribution in [0.3, 0.4) is 0 Å². The average Bonchev–Trinajstić information content (AvgIpc) is 2.90. The van der Waals surface area contributed by atoms with Gasteiger partial charge in [0.1, 0.15) is 17.9 Å². The van der Waals surface area contributed by atoms with Crippen LogP contribution in [0.2, 0.25) is 5.02 Å². The van der Waals surface area contributed by atoms with Crippen molar-refractivity contribution in [2.75, 3.05) is 0 Å². The first-order valence-electron chi connectivity index (χ1n) is 7.99. The Hall–Kier alpha value is -2.77. The molecule has 25 heavy (non-hydrogen) atoms. The largest absolute Gasteiger partial charge is 0.482 e. The summed E-state index contributed by atoms with van der Waals surface area (Å²) in [7, 11) is 0. The van der Waals surface area contributed by atoms with Crippen molar-refractivity contribution in [3.05, 3.63) is 76.1 Å². The lowest BCUT2D eigenvalue weighted by Gasteiger charge is -2.15. The van der Waals surface area contributed by atoms with Crippen molar-refractivity contribution in [3.8, 4) is 17.5 Å². The summed E-state index contributed by atoms with van der Waals surface area (Å²) in [5.74, 6) is 0.761. The van der Waals surface area contributed by atoms with Gasteiger partial charge in [-0.05, 0) is 44.5 Å². The first-order valence-corrected chi connectivity index (χ1v) is 8.37. The number of benzene rings is 2. The van der Waals surface area contributed by atoms with E-state index in [1.54, 1.807) is 16.8 Å². The summed E-state index contributed by atoms with van der Waals surface area (Å²) in [6.07, 6.45) is -0.0826. The van der Waals surface area contributed by atoms with Gasteiger partial charge in [-0.2, -0.15) is 10.4 Å². The SMILES string of the molecule is Cc1nn(-c2ccc(C#N)c(Cl)c2)c(C)c1OC(C)c1ccccc1. The van der Waals surface area contributed by atoms with E-state index in [1.807, 2.05) is 57.2 Å². The van der Waals surface area contributed by atoms with Gasteiger partial charge in [0, 0.05) is 0 Å². The zero-order chi connectivity index (χ0) is 18.0. The van der Waals surface area contributed by atoms with E-state index in [2.05, 4.69) is 11.2 Å². The highest BCUT2D eigenvalue weighted by Gasteiger charge is 2.18. The van der Waals surface area contributed by atoms with Gasteiger partial charge in [-0.3, -0.25) is 0 Å². The fraction of sp³-hybridized carbons (Fsp3) is 0.200. The first kappa shape index (κ1) is 17.1.